The van der Waals surface area contributed by atoms with Gasteiger partial charge in [-0.15, -0.1) is 0 Å². The molecule has 1 heterocycles. The van der Waals surface area contributed by atoms with E-state index < -0.39 is 0 Å². The van der Waals surface area contributed by atoms with E-state index in [-0.39, 0.29) is 5.91 Å². The molecule has 3 aromatic rings. The molecule has 1 aromatic heterocycles. The molecule has 1 unspecified atom stereocenters. The number of imidazole rings is 1. The summed E-state index contributed by atoms with van der Waals surface area (Å²) in [5.74, 6) is 1.30. The highest BCUT2D eigenvalue weighted by molar-refractivity contribution is 7.98. The summed E-state index contributed by atoms with van der Waals surface area (Å²) in [5, 5.41) is 5.23. The minimum absolute atomic E-state index is 0.151. The molecule has 0 spiro atoms. The highest BCUT2D eigenvalue weighted by atomic mass is 32.2. The van der Waals surface area contributed by atoms with Gasteiger partial charge in [0.2, 0.25) is 0 Å². The molecule has 0 aliphatic heterocycles. The summed E-state index contributed by atoms with van der Waals surface area (Å²) in [4.78, 5) is 20.2. The van der Waals surface area contributed by atoms with E-state index in [0.29, 0.717) is 11.5 Å². The van der Waals surface area contributed by atoms with Gasteiger partial charge in [-0.25, -0.2) is 10.4 Å². The number of carbonyl (C=O) groups excluding carboxylic acids is 1. The lowest BCUT2D eigenvalue weighted by molar-refractivity contribution is 0.0954. The normalized spacial score (nSPS) is 18.5. The van der Waals surface area contributed by atoms with Crippen molar-refractivity contribution in [2.45, 2.75) is 43.5 Å². The number of carbonyl (C=O) groups is 1. The smallest absolute Gasteiger partial charge is 0.271 e. The quantitative estimate of drug-likeness (QED) is 0.466. The summed E-state index contributed by atoms with van der Waals surface area (Å²) in [6.45, 7) is 2.23. The number of fused-ring (bicyclic) bond motifs is 1. The van der Waals surface area contributed by atoms with Crippen molar-refractivity contribution in [3.8, 4) is 0 Å². The van der Waals surface area contributed by atoms with Crippen molar-refractivity contribution in [1.82, 2.24) is 15.4 Å². The molecular formula is C22H24N4OS. The first-order valence-electron chi connectivity index (χ1n) is 9.69. The molecular weight excluding hydrogens is 368 g/mol. The van der Waals surface area contributed by atoms with Crippen LogP contribution in [0.15, 0.2) is 58.8 Å². The fraction of sp³-hybridized carbons (Fsp3) is 0.318. The van der Waals surface area contributed by atoms with E-state index in [1.54, 1.807) is 11.8 Å². The van der Waals surface area contributed by atoms with Crippen molar-refractivity contribution in [2.75, 3.05) is 0 Å². The van der Waals surface area contributed by atoms with Crippen LogP contribution < -0.4 is 5.43 Å². The topological polar surface area (TPSA) is 70.1 Å². The van der Waals surface area contributed by atoms with Gasteiger partial charge in [0.15, 0.2) is 5.16 Å². The second-order valence-electron chi connectivity index (χ2n) is 7.37. The number of thioether (sulfide) groups is 1. The predicted octanol–water partition coefficient (Wildman–Crippen LogP) is 5.15. The lowest BCUT2D eigenvalue weighted by atomic mass is 9.89. The van der Waals surface area contributed by atoms with Gasteiger partial charge in [0.05, 0.1) is 11.0 Å². The number of hydrogen-bond donors (Lipinski definition) is 2. The van der Waals surface area contributed by atoms with Crippen LogP contribution >= 0.6 is 11.8 Å². The number of rotatable bonds is 5. The largest absolute Gasteiger partial charge is 0.333 e. The third-order valence-corrected chi connectivity index (χ3v) is 5.97. The molecule has 0 radical (unpaired) electrons. The maximum Gasteiger partial charge on any atom is 0.271 e. The number of amides is 1. The highest BCUT2D eigenvalue weighted by Gasteiger charge is 2.14. The standard InChI is InChI=1S/C22H24N4OS/c1-15-5-4-6-18(13-15)25-26-21(27)17-11-9-16(10-12-17)14-28-22-23-19-7-2-3-8-20(19)24-22/h2-3,7-12,15H,4-6,13-14H2,1H3,(H,23,24)(H,26,27). The number of H-pyrrole nitrogens is 1. The number of para-hydroxylation sites is 2. The van der Waals surface area contributed by atoms with Crippen molar-refractivity contribution >= 4 is 34.4 Å². The molecule has 1 aliphatic carbocycles. The lowest BCUT2D eigenvalue weighted by Crippen LogP contribution is -2.22. The Labute approximate surface area is 169 Å². The first-order valence-corrected chi connectivity index (χ1v) is 10.7. The van der Waals surface area contributed by atoms with Crippen LogP contribution in [0.25, 0.3) is 11.0 Å². The molecule has 5 nitrogen and oxygen atoms in total. The fourth-order valence-electron chi connectivity index (χ4n) is 3.46. The van der Waals surface area contributed by atoms with E-state index in [4.69, 9.17) is 0 Å². The van der Waals surface area contributed by atoms with Gasteiger partial charge >= 0.3 is 0 Å². The molecule has 1 atom stereocenters. The SMILES string of the molecule is CC1CCCC(=NNC(=O)c2ccc(CSc3nc4ccccc4[nH]3)cc2)C1. The number of aromatic nitrogens is 2. The Kier molecular flexibility index (Phi) is 5.76. The minimum atomic E-state index is -0.151. The predicted molar refractivity (Wildman–Crippen MR) is 115 cm³/mol. The number of nitrogens with zero attached hydrogens (tertiary/aromatic N) is 2. The Morgan fingerprint density at radius 1 is 1.25 bits per heavy atom. The van der Waals surface area contributed by atoms with Crippen LogP contribution in [-0.4, -0.2) is 21.6 Å². The Morgan fingerprint density at radius 3 is 2.86 bits per heavy atom. The molecule has 0 saturated heterocycles. The lowest BCUT2D eigenvalue weighted by Gasteiger charge is -2.18. The Balaban J connectivity index is 1.32. The number of nitrogens with one attached hydrogen (secondary N) is 2. The molecule has 1 amide bonds. The third kappa shape index (κ3) is 4.62. The summed E-state index contributed by atoms with van der Waals surface area (Å²) < 4.78 is 0. The first-order chi connectivity index (χ1) is 13.7. The van der Waals surface area contributed by atoms with Crippen LogP contribution in [0.2, 0.25) is 0 Å². The van der Waals surface area contributed by atoms with Gasteiger partial charge in [0.25, 0.3) is 5.91 Å². The summed E-state index contributed by atoms with van der Waals surface area (Å²) in [6, 6.07) is 15.7. The Hall–Kier alpha value is -2.60. The van der Waals surface area contributed by atoms with Gasteiger partial charge in [-0.05, 0) is 61.4 Å². The van der Waals surface area contributed by atoms with E-state index in [9.17, 15) is 4.79 Å². The summed E-state index contributed by atoms with van der Waals surface area (Å²) >= 11 is 1.65. The van der Waals surface area contributed by atoms with Gasteiger partial charge in [0.1, 0.15) is 0 Å². The molecule has 1 aliphatic rings. The van der Waals surface area contributed by atoms with Crippen LogP contribution in [0.1, 0.15) is 48.5 Å². The molecule has 144 valence electrons. The van der Waals surface area contributed by atoms with Crippen molar-refractivity contribution in [3.63, 3.8) is 0 Å². The van der Waals surface area contributed by atoms with Crippen molar-refractivity contribution in [2.24, 2.45) is 11.0 Å². The van der Waals surface area contributed by atoms with Crippen LogP contribution in [0.4, 0.5) is 0 Å². The summed E-state index contributed by atoms with van der Waals surface area (Å²) in [5.41, 5.74) is 7.62. The van der Waals surface area contributed by atoms with Crippen LogP contribution in [-0.2, 0) is 5.75 Å². The zero-order chi connectivity index (χ0) is 19.3. The molecule has 2 N–H and O–H groups in total. The number of benzene rings is 2. The summed E-state index contributed by atoms with van der Waals surface area (Å²) in [6.07, 6.45) is 4.38. The zero-order valence-corrected chi connectivity index (χ0v) is 16.8. The first kappa shape index (κ1) is 18.7. The molecule has 6 heteroatoms. The van der Waals surface area contributed by atoms with E-state index in [1.807, 2.05) is 48.5 Å². The van der Waals surface area contributed by atoms with Crippen LogP contribution in [0.5, 0.6) is 0 Å². The second kappa shape index (κ2) is 8.61. The van der Waals surface area contributed by atoms with Crippen molar-refractivity contribution in [1.29, 1.82) is 0 Å². The molecule has 1 saturated carbocycles. The maximum absolute atomic E-state index is 12.3. The van der Waals surface area contributed by atoms with Gasteiger partial charge in [-0.1, -0.05) is 43.0 Å². The van der Waals surface area contributed by atoms with Gasteiger partial charge in [-0.2, -0.15) is 5.10 Å². The maximum atomic E-state index is 12.3. The summed E-state index contributed by atoms with van der Waals surface area (Å²) in [7, 11) is 0. The molecule has 0 bridgehead atoms. The van der Waals surface area contributed by atoms with Crippen LogP contribution in [0.3, 0.4) is 0 Å². The highest BCUT2D eigenvalue weighted by Crippen LogP contribution is 2.23. The van der Waals surface area contributed by atoms with E-state index in [2.05, 4.69) is 27.4 Å². The number of hydrogen-bond acceptors (Lipinski definition) is 4. The fourth-order valence-corrected chi connectivity index (χ4v) is 4.30. The van der Waals surface area contributed by atoms with Gasteiger partial charge in [0, 0.05) is 17.0 Å². The van der Waals surface area contributed by atoms with Gasteiger partial charge < -0.3 is 4.98 Å². The zero-order valence-electron chi connectivity index (χ0n) is 15.9. The minimum Gasteiger partial charge on any atom is -0.333 e. The second-order valence-corrected chi connectivity index (χ2v) is 8.33. The average molecular weight is 393 g/mol. The van der Waals surface area contributed by atoms with Crippen LogP contribution in [0, 0.1) is 5.92 Å². The van der Waals surface area contributed by atoms with E-state index in [1.165, 1.54) is 6.42 Å². The molecule has 4 rings (SSSR count). The number of hydrazone groups is 1. The molecule has 1 fully saturated rings. The van der Waals surface area contributed by atoms with Crippen molar-refractivity contribution < 1.29 is 4.79 Å². The molecule has 2 aromatic carbocycles. The number of aromatic amines is 1. The van der Waals surface area contributed by atoms with E-state index in [0.717, 1.165) is 52.5 Å². The monoisotopic (exact) mass is 392 g/mol. The Bertz CT molecular complexity index is 960. The van der Waals surface area contributed by atoms with Gasteiger partial charge in [-0.3, -0.25) is 4.79 Å². The van der Waals surface area contributed by atoms with E-state index >= 15 is 0 Å². The molecule has 28 heavy (non-hydrogen) atoms. The van der Waals surface area contributed by atoms with Crippen molar-refractivity contribution in [3.05, 3.63) is 59.7 Å². The average Bonchev–Trinajstić information content (AvgIpc) is 3.14. The third-order valence-electron chi connectivity index (χ3n) is 5.02. The Morgan fingerprint density at radius 2 is 2.07 bits per heavy atom.